The molecule has 4 aromatic rings. The third-order valence-electron chi connectivity index (χ3n) is 8.68. The van der Waals surface area contributed by atoms with E-state index < -0.39 is 0 Å². The lowest BCUT2D eigenvalue weighted by Gasteiger charge is -2.39. The molecule has 1 atom stereocenters. The number of H-pyrrole nitrogens is 1. The SMILES string of the molecule is Cc1cc(C)c2cc([C@H](c3nnnn3C3CCCC3)N3CCN(Cc4ccc5c(c4)OCO5)CC3)c(=O)[nH]c2c1. The summed E-state index contributed by atoms with van der Waals surface area (Å²) < 4.78 is 13.0. The normalized spacial score (nSPS) is 19.1. The molecule has 2 aromatic carbocycles. The number of nitrogens with zero attached hydrogens (tertiary/aromatic N) is 6. The Balaban J connectivity index is 1.20. The molecule has 1 aliphatic carbocycles. The molecule has 4 heterocycles. The van der Waals surface area contributed by atoms with Gasteiger partial charge in [-0.05, 0) is 78.1 Å². The maximum absolute atomic E-state index is 13.7. The second-order valence-electron chi connectivity index (χ2n) is 11.4. The van der Waals surface area contributed by atoms with Gasteiger partial charge in [0.2, 0.25) is 6.79 Å². The second-order valence-corrected chi connectivity index (χ2v) is 11.4. The zero-order valence-corrected chi connectivity index (χ0v) is 23.1. The summed E-state index contributed by atoms with van der Waals surface area (Å²) in [7, 11) is 0. The van der Waals surface area contributed by atoms with Gasteiger partial charge < -0.3 is 14.5 Å². The number of rotatable bonds is 6. The Labute approximate surface area is 232 Å². The fourth-order valence-electron chi connectivity index (χ4n) is 6.66. The van der Waals surface area contributed by atoms with Gasteiger partial charge in [-0.15, -0.1) is 5.10 Å². The van der Waals surface area contributed by atoms with E-state index >= 15 is 0 Å². The molecule has 2 fully saturated rings. The van der Waals surface area contributed by atoms with Crippen molar-refractivity contribution in [2.45, 2.75) is 58.2 Å². The summed E-state index contributed by atoms with van der Waals surface area (Å²) in [5.41, 5.74) is 4.98. The van der Waals surface area contributed by atoms with Crippen LogP contribution < -0.4 is 15.0 Å². The topological polar surface area (TPSA) is 101 Å². The molecule has 7 rings (SSSR count). The Bertz CT molecular complexity index is 1600. The number of ether oxygens (including phenoxy) is 2. The average molecular weight is 542 g/mol. The summed E-state index contributed by atoms with van der Waals surface area (Å²) in [5, 5.41) is 14.2. The molecule has 10 heteroatoms. The van der Waals surface area contributed by atoms with Gasteiger partial charge in [0.15, 0.2) is 17.3 Å². The highest BCUT2D eigenvalue weighted by Crippen LogP contribution is 2.35. The predicted molar refractivity (Wildman–Crippen MR) is 151 cm³/mol. The van der Waals surface area contributed by atoms with E-state index in [9.17, 15) is 4.79 Å². The largest absolute Gasteiger partial charge is 0.454 e. The van der Waals surface area contributed by atoms with E-state index in [1.807, 2.05) is 16.8 Å². The molecule has 208 valence electrons. The summed E-state index contributed by atoms with van der Waals surface area (Å²) in [6.45, 7) is 8.63. The number of aromatic nitrogens is 5. The molecule has 2 aromatic heterocycles. The van der Waals surface area contributed by atoms with Crippen LogP contribution in [0.4, 0.5) is 0 Å². The molecule has 1 N–H and O–H groups in total. The van der Waals surface area contributed by atoms with Crippen LogP contribution >= 0.6 is 0 Å². The number of nitrogens with one attached hydrogen (secondary N) is 1. The first-order valence-electron chi connectivity index (χ1n) is 14.3. The van der Waals surface area contributed by atoms with E-state index in [-0.39, 0.29) is 24.4 Å². The van der Waals surface area contributed by atoms with Crippen LogP contribution in [-0.4, -0.2) is 68.0 Å². The van der Waals surface area contributed by atoms with Crippen molar-refractivity contribution in [2.24, 2.45) is 0 Å². The van der Waals surface area contributed by atoms with Gasteiger partial charge in [-0.2, -0.15) is 0 Å². The number of hydrogen-bond donors (Lipinski definition) is 1. The first-order valence-corrected chi connectivity index (χ1v) is 14.3. The van der Waals surface area contributed by atoms with Gasteiger partial charge in [-0.1, -0.05) is 25.0 Å². The third kappa shape index (κ3) is 4.65. The molecule has 0 unspecified atom stereocenters. The van der Waals surface area contributed by atoms with Gasteiger partial charge in [0.1, 0.15) is 6.04 Å². The number of benzene rings is 2. The molecule has 1 saturated heterocycles. The average Bonchev–Trinajstić information content (AvgIpc) is 3.72. The lowest BCUT2D eigenvalue weighted by atomic mass is 9.99. The van der Waals surface area contributed by atoms with Crippen LogP contribution in [0.3, 0.4) is 0 Å². The van der Waals surface area contributed by atoms with Gasteiger partial charge >= 0.3 is 0 Å². The number of hydrogen-bond acceptors (Lipinski definition) is 8. The fourth-order valence-corrected chi connectivity index (χ4v) is 6.66. The molecule has 40 heavy (non-hydrogen) atoms. The molecule has 0 radical (unpaired) electrons. The monoisotopic (exact) mass is 541 g/mol. The van der Waals surface area contributed by atoms with E-state index in [2.05, 4.69) is 68.4 Å². The van der Waals surface area contributed by atoms with Crippen molar-refractivity contribution in [2.75, 3.05) is 33.0 Å². The van der Waals surface area contributed by atoms with E-state index in [1.165, 1.54) is 18.4 Å². The quantitative estimate of drug-likeness (QED) is 0.393. The molecule has 1 saturated carbocycles. The molecule has 0 amide bonds. The van der Waals surface area contributed by atoms with Crippen LogP contribution in [0.5, 0.6) is 11.5 Å². The van der Waals surface area contributed by atoms with E-state index in [1.54, 1.807) is 0 Å². The lowest BCUT2D eigenvalue weighted by Crippen LogP contribution is -2.48. The van der Waals surface area contributed by atoms with E-state index in [0.29, 0.717) is 5.56 Å². The first-order chi connectivity index (χ1) is 19.5. The van der Waals surface area contributed by atoms with Crippen molar-refractivity contribution in [1.82, 2.24) is 35.0 Å². The number of tetrazole rings is 1. The second kappa shape index (κ2) is 10.3. The smallest absolute Gasteiger partial charge is 0.253 e. The van der Waals surface area contributed by atoms with E-state index in [0.717, 1.165) is 84.9 Å². The van der Waals surface area contributed by atoms with Crippen molar-refractivity contribution in [1.29, 1.82) is 0 Å². The molecule has 0 spiro atoms. The Morgan fingerprint density at radius 3 is 2.62 bits per heavy atom. The number of fused-ring (bicyclic) bond motifs is 2. The molecule has 0 bridgehead atoms. The van der Waals surface area contributed by atoms with Crippen LogP contribution in [0.2, 0.25) is 0 Å². The summed E-state index contributed by atoms with van der Waals surface area (Å²) in [6, 6.07) is 12.4. The van der Waals surface area contributed by atoms with E-state index in [4.69, 9.17) is 9.47 Å². The van der Waals surface area contributed by atoms with Crippen LogP contribution in [0.1, 0.15) is 65.8 Å². The summed E-state index contributed by atoms with van der Waals surface area (Å²) >= 11 is 0. The van der Waals surface area contributed by atoms with Crippen molar-refractivity contribution in [3.05, 3.63) is 74.8 Å². The summed E-state index contributed by atoms with van der Waals surface area (Å²) in [5.74, 6) is 2.39. The van der Waals surface area contributed by atoms with Crippen molar-refractivity contribution < 1.29 is 9.47 Å². The number of aryl methyl sites for hydroxylation is 2. The number of pyridine rings is 1. The maximum Gasteiger partial charge on any atom is 0.253 e. The third-order valence-corrected chi connectivity index (χ3v) is 8.68. The highest BCUT2D eigenvalue weighted by molar-refractivity contribution is 5.83. The van der Waals surface area contributed by atoms with Gasteiger partial charge in [0.05, 0.1) is 6.04 Å². The fraction of sp³-hybridized carbons (Fsp3) is 0.467. The number of piperazine rings is 1. The Hall–Kier alpha value is -3.76. The molecule has 2 aliphatic heterocycles. The Morgan fingerprint density at radius 1 is 1.00 bits per heavy atom. The molecule has 10 nitrogen and oxygen atoms in total. The van der Waals surface area contributed by atoms with Crippen molar-refractivity contribution in [3.8, 4) is 11.5 Å². The zero-order valence-electron chi connectivity index (χ0n) is 23.1. The molecule has 3 aliphatic rings. The van der Waals surface area contributed by atoms with Crippen LogP contribution in [0.25, 0.3) is 10.9 Å². The minimum atomic E-state index is -0.322. The molecular formula is C30H35N7O3. The van der Waals surface area contributed by atoms with Gasteiger partial charge in [-0.3, -0.25) is 14.6 Å². The number of aromatic amines is 1. The van der Waals surface area contributed by atoms with Crippen molar-refractivity contribution in [3.63, 3.8) is 0 Å². The first kappa shape index (κ1) is 25.2. The van der Waals surface area contributed by atoms with Gasteiger partial charge in [0, 0.05) is 49.2 Å². The Kier molecular flexibility index (Phi) is 6.51. The van der Waals surface area contributed by atoms with Crippen LogP contribution in [0, 0.1) is 13.8 Å². The zero-order chi connectivity index (χ0) is 27.2. The van der Waals surface area contributed by atoms with Gasteiger partial charge in [-0.25, -0.2) is 4.68 Å². The summed E-state index contributed by atoms with van der Waals surface area (Å²) in [4.78, 5) is 21.7. The van der Waals surface area contributed by atoms with Crippen LogP contribution in [-0.2, 0) is 6.54 Å². The minimum Gasteiger partial charge on any atom is -0.454 e. The standard InChI is InChI=1S/C30H35N7O3/c1-19-13-20(2)23-16-24(30(38)31-25(23)14-19)28(29-32-33-34-37(29)22-5-3-4-6-22)36-11-9-35(10-12-36)17-21-7-8-26-27(15-21)40-18-39-26/h7-8,13-16,22,28H,3-6,9-12,17-18H2,1-2H3,(H,31,38)/t28-/m1/s1. The molecular weight excluding hydrogens is 506 g/mol. The maximum atomic E-state index is 13.7. The van der Waals surface area contributed by atoms with Crippen molar-refractivity contribution >= 4 is 10.9 Å². The Morgan fingerprint density at radius 2 is 1.80 bits per heavy atom. The van der Waals surface area contributed by atoms with Gasteiger partial charge in [0.25, 0.3) is 5.56 Å². The summed E-state index contributed by atoms with van der Waals surface area (Å²) in [6.07, 6.45) is 4.51. The minimum absolute atomic E-state index is 0.0775. The highest BCUT2D eigenvalue weighted by Gasteiger charge is 2.35. The van der Waals surface area contributed by atoms with Crippen LogP contribution in [0.15, 0.2) is 41.2 Å². The predicted octanol–water partition coefficient (Wildman–Crippen LogP) is 3.88. The highest BCUT2D eigenvalue weighted by atomic mass is 16.7. The lowest BCUT2D eigenvalue weighted by molar-refractivity contribution is 0.0988.